The number of rotatable bonds is 3. The number of amides is 1. The number of nitrogens with one attached hydrogen (secondary N) is 1. The Morgan fingerprint density at radius 1 is 1.43 bits per heavy atom. The van der Waals surface area contributed by atoms with Crippen LogP contribution in [0.4, 0.5) is 4.39 Å². The third kappa shape index (κ3) is 3.59. The molecule has 0 bridgehead atoms. The van der Waals surface area contributed by atoms with Crippen LogP contribution in [0.3, 0.4) is 0 Å². The Morgan fingerprint density at radius 2 is 2.22 bits per heavy atom. The molecule has 1 aromatic heterocycles. The third-order valence-electron chi connectivity index (χ3n) is 3.72. The first-order valence-electron chi connectivity index (χ1n) is 7.18. The van der Waals surface area contributed by atoms with E-state index in [1.54, 1.807) is 6.07 Å². The van der Waals surface area contributed by atoms with Crippen LogP contribution < -0.4 is 5.32 Å². The molecule has 0 saturated heterocycles. The standard InChI is InChI=1S/C16H14ClFN2O2S/c1-8-2-12(13(21)3-8)20-15(22)14-7-19-16(23-14)9-4-10(17)6-11(18)5-9/h4-8,12H,2-3H2,1H3,(H,20,22)/t8-,12+/m1/s1. The molecule has 23 heavy (non-hydrogen) atoms. The Kier molecular flexibility index (Phi) is 4.46. The van der Waals surface area contributed by atoms with Gasteiger partial charge in [0.2, 0.25) is 0 Å². The Morgan fingerprint density at radius 3 is 2.87 bits per heavy atom. The van der Waals surface area contributed by atoms with E-state index in [2.05, 4.69) is 10.3 Å². The molecule has 1 aliphatic rings. The monoisotopic (exact) mass is 352 g/mol. The van der Waals surface area contributed by atoms with Crippen molar-refractivity contribution in [1.82, 2.24) is 10.3 Å². The largest absolute Gasteiger partial charge is 0.341 e. The average molecular weight is 353 g/mol. The number of benzene rings is 1. The Hall–Kier alpha value is -1.79. The molecule has 1 aliphatic carbocycles. The Balaban J connectivity index is 1.76. The van der Waals surface area contributed by atoms with Crippen molar-refractivity contribution in [3.8, 4) is 10.6 Å². The van der Waals surface area contributed by atoms with Crippen molar-refractivity contribution in [2.24, 2.45) is 5.92 Å². The third-order valence-corrected chi connectivity index (χ3v) is 4.98. The van der Waals surface area contributed by atoms with Crippen LogP contribution in [0, 0.1) is 11.7 Å². The van der Waals surface area contributed by atoms with Crippen LogP contribution in [0.5, 0.6) is 0 Å². The van der Waals surface area contributed by atoms with Gasteiger partial charge in [0.05, 0.1) is 12.2 Å². The van der Waals surface area contributed by atoms with Gasteiger partial charge in [0.25, 0.3) is 5.91 Å². The molecule has 0 aliphatic heterocycles. The van der Waals surface area contributed by atoms with Crippen LogP contribution in [0.1, 0.15) is 29.4 Å². The summed E-state index contributed by atoms with van der Waals surface area (Å²) in [6.07, 6.45) is 2.59. The fraction of sp³-hybridized carbons (Fsp3) is 0.312. The fourth-order valence-electron chi connectivity index (χ4n) is 2.66. The highest BCUT2D eigenvalue weighted by molar-refractivity contribution is 7.16. The molecule has 1 N–H and O–H groups in total. The summed E-state index contributed by atoms with van der Waals surface area (Å²) < 4.78 is 13.4. The van der Waals surface area contributed by atoms with Crippen molar-refractivity contribution in [3.63, 3.8) is 0 Å². The van der Waals surface area contributed by atoms with Gasteiger partial charge in [-0.25, -0.2) is 9.37 Å². The van der Waals surface area contributed by atoms with E-state index in [0.29, 0.717) is 34.2 Å². The van der Waals surface area contributed by atoms with Crippen LogP contribution in [-0.2, 0) is 4.79 Å². The molecule has 1 amide bonds. The van der Waals surface area contributed by atoms with Gasteiger partial charge in [0.15, 0.2) is 5.78 Å². The lowest BCUT2D eigenvalue weighted by atomic mass is 10.1. The number of halogens is 2. The molecule has 0 radical (unpaired) electrons. The number of carbonyl (C=O) groups is 2. The molecule has 0 unspecified atom stereocenters. The van der Waals surface area contributed by atoms with Crippen molar-refractivity contribution in [2.75, 3.05) is 0 Å². The quantitative estimate of drug-likeness (QED) is 0.916. The summed E-state index contributed by atoms with van der Waals surface area (Å²) in [5, 5.41) is 3.52. The lowest BCUT2D eigenvalue weighted by Gasteiger charge is -2.09. The van der Waals surface area contributed by atoms with Gasteiger partial charge in [-0.15, -0.1) is 11.3 Å². The highest BCUT2D eigenvalue weighted by Crippen LogP contribution is 2.29. The second kappa shape index (κ2) is 6.37. The van der Waals surface area contributed by atoms with E-state index in [4.69, 9.17) is 11.6 Å². The van der Waals surface area contributed by atoms with Gasteiger partial charge in [0, 0.05) is 17.0 Å². The minimum atomic E-state index is -0.459. The second-order valence-corrected chi connectivity index (χ2v) is 7.19. The van der Waals surface area contributed by atoms with Crippen molar-refractivity contribution in [1.29, 1.82) is 0 Å². The maximum Gasteiger partial charge on any atom is 0.263 e. The first-order chi connectivity index (χ1) is 10.9. The summed E-state index contributed by atoms with van der Waals surface area (Å²) in [4.78, 5) is 28.5. The van der Waals surface area contributed by atoms with Gasteiger partial charge in [-0.3, -0.25) is 9.59 Å². The van der Waals surface area contributed by atoms with Gasteiger partial charge in [-0.05, 0) is 30.5 Å². The number of Topliss-reactive ketones (excluding diaryl/α,β-unsaturated/α-hetero) is 1. The number of carbonyl (C=O) groups excluding carboxylic acids is 2. The van der Waals surface area contributed by atoms with Crippen molar-refractivity contribution in [2.45, 2.75) is 25.8 Å². The molecule has 1 heterocycles. The summed E-state index contributed by atoms with van der Waals surface area (Å²) in [6, 6.07) is 3.69. The molecular formula is C16H14ClFN2O2S. The van der Waals surface area contributed by atoms with E-state index in [9.17, 15) is 14.0 Å². The van der Waals surface area contributed by atoms with Crippen LogP contribution in [0.15, 0.2) is 24.4 Å². The van der Waals surface area contributed by atoms with E-state index < -0.39 is 11.9 Å². The van der Waals surface area contributed by atoms with Gasteiger partial charge in [0.1, 0.15) is 15.7 Å². The number of aromatic nitrogens is 1. The van der Waals surface area contributed by atoms with Crippen LogP contribution in [0.2, 0.25) is 5.02 Å². The summed E-state index contributed by atoms with van der Waals surface area (Å²) in [7, 11) is 0. The zero-order valence-corrected chi connectivity index (χ0v) is 13.9. The van der Waals surface area contributed by atoms with Crippen LogP contribution in [0.25, 0.3) is 10.6 Å². The first-order valence-corrected chi connectivity index (χ1v) is 8.37. The number of hydrogen-bond acceptors (Lipinski definition) is 4. The Labute approximate surface area is 141 Å². The number of nitrogens with zero attached hydrogens (tertiary/aromatic N) is 1. The summed E-state index contributed by atoms with van der Waals surface area (Å²) >= 11 is 6.97. The second-order valence-electron chi connectivity index (χ2n) is 5.73. The van der Waals surface area contributed by atoms with E-state index in [1.807, 2.05) is 6.92 Å². The van der Waals surface area contributed by atoms with Crippen molar-refractivity contribution in [3.05, 3.63) is 40.1 Å². The maximum atomic E-state index is 13.4. The van der Waals surface area contributed by atoms with Crippen molar-refractivity contribution >= 4 is 34.6 Å². The fourth-order valence-corrected chi connectivity index (χ4v) is 3.69. The van der Waals surface area contributed by atoms with Crippen molar-refractivity contribution < 1.29 is 14.0 Å². The lowest BCUT2D eigenvalue weighted by molar-refractivity contribution is -0.119. The molecule has 3 rings (SSSR count). The number of ketones is 1. The first kappa shape index (κ1) is 16.1. The van der Waals surface area contributed by atoms with Crippen LogP contribution in [-0.4, -0.2) is 22.7 Å². The number of hydrogen-bond donors (Lipinski definition) is 1. The summed E-state index contributed by atoms with van der Waals surface area (Å²) in [6.45, 7) is 1.99. The molecular weight excluding hydrogens is 339 g/mol. The molecule has 0 spiro atoms. The zero-order chi connectivity index (χ0) is 16.6. The SMILES string of the molecule is C[C@H]1CC(=O)[C@@H](NC(=O)c2cnc(-c3cc(F)cc(Cl)c3)s2)C1. The molecule has 2 aromatic rings. The molecule has 120 valence electrons. The maximum absolute atomic E-state index is 13.4. The topological polar surface area (TPSA) is 59.1 Å². The number of thiazole rings is 1. The molecule has 4 nitrogen and oxygen atoms in total. The van der Waals surface area contributed by atoms with Gasteiger partial charge in [-0.1, -0.05) is 18.5 Å². The van der Waals surface area contributed by atoms with Crippen LogP contribution >= 0.6 is 22.9 Å². The lowest BCUT2D eigenvalue weighted by Crippen LogP contribution is -2.37. The average Bonchev–Trinajstić information content (AvgIpc) is 3.05. The van der Waals surface area contributed by atoms with E-state index in [1.165, 1.54) is 18.3 Å². The Bertz CT molecular complexity index is 757. The molecule has 1 saturated carbocycles. The van der Waals surface area contributed by atoms with Gasteiger partial charge < -0.3 is 5.32 Å². The smallest absolute Gasteiger partial charge is 0.263 e. The normalized spacial score (nSPS) is 20.7. The summed E-state index contributed by atoms with van der Waals surface area (Å²) in [5.74, 6) is -0.435. The van der Waals surface area contributed by atoms with E-state index >= 15 is 0 Å². The zero-order valence-electron chi connectivity index (χ0n) is 12.3. The summed E-state index contributed by atoms with van der Waals surface area (Å²) in [5.41, 5.74) is 0.518. The minimum Gasteiger partial charge on any atom is -0.341 e. The highest BCUT2D eigenvalue weighted by atomic mass is 35.5. The predicted octanol–water partition coefficient (Wildman–Crippen LogP) is 3.70. The molecule has 1 fully saturated rings. The minimum absolute atomic E-state index is 0.0625. The van der Waals surface area contributed by atoms with E-state index in [-0.39, 0.29) is 16.7 Å². The van der Waals surface area contributed by atoms with Gasteiger partial charge >= 0.3 is 0 Å². The molecule has 2 atom stereocenters. The molecule has 1 aromatic carbocycles. The predicted molar refractivity (Wildman–Crippen MR) is 87.2 cm³/mol. The van der Waals surface area contributed by atoms with Gasteiger partial charge in [-0.2, -0.15) is 0 Å². The highest BCUT2D eigenvalue weighted by Gasteiger charge is 2.31. The van der Waals surface area contributed by atoms with E-state index in [0.717, 1.165) is 11.3 Å². The molecule has 7 heteroatoms.